The Morgan fingerprint density at radius 1 is 0.176 bits per heavy atom. The maximum Gasteiger partial charge on any atom is 0.164 e. The fourth-order valence-electron chi connectivity index (χ4n) is 10.3. The van der Waals surface area contributed by atoms with Gasteiger partial charge in [-0.1, -0.05) is 243 Å². The SMILES string of the molecule is c1ccc(-c2ccc(-c3nc(-c4ccccc4)nc(-c4ccccc4-c4cccc5c(-c6cccc(-c7ccc(-c8ccc9c%10c(cccc8%10)-c8ccccc8-9)cc7)c6)cccc45)n3)cc2)cc1. The summed E-state index contributed by atoms with van der Waals surface area (Å²) >= 11 is 0. The van der Waals surface area contributed by atoms with Crippen LogP contribution in [0, 0.1) is 0 Å². The molecule has 0 amide bonds. The predicted molar refractivity (Wildman–Crippen MR) is 283 cm³/mol. The number of rotatable bonds is 8. The van der Waals surface area contributed by atoms with E-state index in [1.807, 2.05) is 24.3 Å². The minimum Gasteiger partial charge on any atom is -0.208 e. The molecule has 1 aliphatic rings. The summed E-state index contributed by atoms with van der Waals surface area (Å²) in [5.74, 6) is 1.89. The van der Waals surface area contributed by atoms with Crippen molar-refractivity contribution in [2.24, 2.45) is 0 Å². The first-order valence-corrected chi connectivity index (χ1v) is 23.2. The lowest BCUT2D eigenvalue weighted by atomic mass is 9.90. The van der Waals surface area contributed by atoms with Crippen molar-refractivity contribution >= 4 is 21.5 Å². The Morgan fingerprint density at radius 3 is 1.22 bits per heavy atom. The molecular formula is C65H41N3. The van der Waals surface area contributed by atoms with Crippen LogP contribution in [0.2, 0.25) is 0 Å². The molecule has 0 atom stereocenters. The molecule has 0 saturated heterocycles. The number of hydrogen-bond acceptors (Lipinski definition) is 3. The van der Waals surface area contributed by atoms with Gasteiger partial charge in [-0.3, -0.25) is 0 Å². The van der Waals surface area contributed by atoms with Crippen molar-refractivity contribution in [2.45, 2.75) is 0 Å². The number of aromatic nitrogens is 3. The number of hydrogen-bond donors (Lipinski definition) is 0. The molecule has 13 rings (SSSR count). The van der Waals surface area contributed by atoms with E-state index in [0.717, 1.165) is 38.8 Å². The van der Waals surface area contributed by atoms with Crippen LogP contribution in [0.25, 0.3) is 134 Å². The molecule has 1 heterocycles. The average molecular weight is 864 g/mol. The van der Waals surface area contributed by atoms with Crippen LogP contribution in [-0.4, -0.2) is 15.0 Å². The standard InChI is InChI=1S/C65H41N3/c1-3-15-42(16-4-1)43-33-37-47(38-34-43)64-66-63(46-17-5-2-6-18-46)67-65(68-64)61-24-10-9-23-57(61)54-28-13-26-52-50(25-12-27-53(52)54)49-20-11-19-48(41-49)44-31-35-45(36-32-44)51-39-40-60-56-22-8-7-21-55(56)59-30-14-29-58(51)62(59)60/h1-41H. The molecule has 3 heteroatoms. The highest BCUT2D eigenvalue weighted by molar-refractivity contribution is 6.18. The largest absolute Gasteiger partial charge is 0.208 e. The van der Waals surface area contributed by atoms with Gasteiger partial charge in [0.15, 0.2) is 17.5 Å². The molecule has 0 bridgehead atoms. The Morgan fingerprint density at radius 2 is 0.544 bits per heavy atom. The molecule has 1 aromatic heterocycles. The minimum atomic E-state index is 0.628. The van der Waals surface area contributed by atoms with E-state index in [4.69, 9.17) is 15.0 Å². The Labute approximate surface area is 395 Å². The van der Waals surface area contributed by atoms with Crippen LogP contribution in [0.5, 0.6) is 0 Å². The van der Waals surface area contributed by atoms with E-state index < -0.39 is 0 Å². The van der Waals surface area contributed by atoms with Gasteiger partial charge in [0.2, 0.25) is 0 Å². The van der Waals surface area contributed by atoms with Gasteiger partial charge in [0.05, 0.1) is 0 Å². The second kappa shape index (κ2) is 16.4. The highest BCUT2D eigenvalue weighted by atomic mass is 15.0. The van der Waals surface area contributed by atoms with Crippen LogP contribution in [0.3, 0.4) is 0 Å². The van der Waals surface area contributed by atoms with Gasteiger partial charge in [-0.05, 0) is 105 Å². The van der Waals surface area contributed by atoms with Gasteiger partial charge < -0.3 is 0 Å². The van der Waals surface area contributed by atoms with Crippen LogP contribution in [0.15, 0.2) is 249 Å². The fourth-order valence-corrected chi connectivity index (χ4v) is 10.3. The summed E-state index contributed by atoms with van der Waals surface area (Å²) in [5, 5.41) is 4.99. The smallest absolute Gasteiger partial charge is 0.164 e. The first-order valence-electron chi connectivity index (χ1n) is 23.2. The third-order valence-corrected chi connectivity index (χ3v) is 13.5. The van der Waals surface area contributed by atoms with Crippen molar-refractivity contribution in [3.63, 3.8) is 0 Å². The highest BCUT2D eigenvalue weighted by Crippen LogP contribution is 2.49. The quantitative estimate of drug-likeness (QED) is 0.153. The molecule has 0 aliphatic heterocycles. The van der Waals surface area contributed by atoms with Gasteiger partial charge in [-0.2, -0.15) is 0 Å². The number of benzene rings is 11. The predicted octanol–water partition coefficient (Wildman–Crippen LogP) is 17.2. The molecule has 11 aromatic carbocycles. The molecule has 0 fully saturated rings. The third-order valence-electron chi connectivity index (χ3n) is 13.5. The lowest BCUT2D eigenvalue weighted by Crippen LogP contribution is -2.01. The van der Waals surface area contributed by atoms with Crippen molar-refractivity contribution in [3.05, 3.63) is 249 Å². The molecule has 68 heavy (non-hydrogen) atoms. The normalized spacial score (nSPS) is 11.5. The van der Waals surface area contributed by atoms with Crippen molar-refractivity contribution < 1.29 is 0 Å². The maximum absolute atomic E-state index is 5.20. The number of nitrogens with zero attached hydrogens (tertiary/aromatic N) is 3. The summed E-state index contributed by atoms with van der Waals surface area (Å²) < 4.78 is 0. The molecule has 0 saturated carbocycles. The number of fused-ring (bicyclic) bond motifs is 4. The van der Waals surface area contributed by atoms with E-state index in [1.54, 1.807) is 0 Å². The van der Waals surface area contributed by atoms with E-state index in [0.29, 0.717) is 17.5 Å². The molecular weight excluding hydrogens is 823 g/mol. The molecule has 3 nitrogen and oxygen atoms in total. The van der Waals surface area contributed by atoms with Gasteiger partial charge in [-0.25, -0.2) is 15.0 Å². The van der Waals surface area contributed by atoms with E-state index in [-0.39, 0.29) is 0 Å². The molecule has 0 spiro atoms. The van der Waals surface area contributed by atoms with Gasteiger partial charge in [0.25, 0.3) is 0 Å². The Bertz CT molecular complexity index is 3850. The third kappa shape index (κ3) is 6.80. The minimum absolute atomic E-state index is 0.628. The van der Waals surface area contributed by atoms with E-state index in [9.17, 15) is 0 Å². The van der Waals surface area contributed by atoms with E-state index in [2.05, 4.69) is 224 Å². The van der Waals surface area contributed by atoms with Crippen molar-refractivity contribution in [3.8, 4) is 112 Å². The van der Waals surface area contributed by atoms with Crippen LogP contribution in [0.4, 0.5) is 0 Å². The fraction of sp³-hybridized carbons (Fsp3) is 0. The molecule has 0 unspecified atom stereocenters. The summed E-state index contributed by atoms with van der Waals surface area (Å²) in [4.78, 5) is 15.4. The molecule has 1 aliphatic carbocycles. The summed E-state index contributed by atoms with van der Waals surface area (Å²) in [6, 6.07) is 88.9. The van der Waals surface area contributed by atoms with Crippen LogP contribution >= 0.6 is 0 Å². The maximum atomic E-state index is 5.20. The molecule has 12 aromatic rings. The Kier molecular flexibility index (Phi) is 9.50. The van der Waals surface area contributed by atoms with Gasteiger partial charge in [0, 0.05) is 16.7 Å². The Hall–Kier alpha value is -9.05. The zero-order valence-electron chi connectivity index (χ0n) is 37.0. The lowest BCUT2D eigenvalue weighted by molar-refractivity contribution is 1.07. The second-order valence-corrected chi connectivity index (χ2v) is 17.5. The highest BCUT2D eigenvalue weighted by Gasteiger charge is 2.23. The van der Waals surface area contributed by atoms with Crippen molar-refractivity contribution in [1.29, 1.82) is 0 Å². The van der Waals surface area contributed by atoms with Gasteiger partial charge in [0.1, 0.15) is 0 Å². The van der Waals surface area contributed by atoms with Crippen molar-refractivity contribution in [2.75, 3.05) is 0 Å². The molecule has 316 valence electrons. The van der Waals surface area contributed by atoms with Gasteiger partial charge >= 0.3 is 0 Å². The summed E-state index contributed by atoms with van der Waals surface area (Å²) in [5.41, 5.74) is 19.8. The van der Waals surface area contributed by atoms with Crippen molar-refractivity contribution in [1.82, 2.24) is 15.0 Å². The summed E-state index contributed by atoms with van der Waals surface area (Å²) in [6.45, 7) is 0. The first-order chi connectivity index (χ1) is 33.7. The van der Waals surface area contributed by atoms with Crippen LogP contribution in [-0.2, 0) is 0 Å². The van der Waals surface area contributed by atoms with Gasteiger partial charge in [-0.15, -0.1) is 0 Å². The van der Waals surface area contributed by atoms with Crippen LogP contribution in [0.1, 0.15) is 0 Å². The molecule has 0 radical (unpaired) electrons. The van der Waals surface area contributed by atoms with E-state index >= 15 is 0 Å². The zero-order valence-corrected chi connectivity index (χ0v) is 37.0. The average Bonchev–Trinajstić information content (AvgIpc) is 3.75. The Balaban J connectivity index is 0.856. The topological polar surface area (TPSA) is 38.7 Å². The monoisotopic (exact) mass is 863 g/mol. The second-order valence-electron chi connectivity index (χ2n) is 17.5. The summed E-state index contributed by atoms with van der Waals surface area (Å²) in [7, 11) is 0. The first kappa shape index (κ1) is 39.3. The summed E-state index contributed by atoms with van der Waals surface area (Å²) in [6.07, 6.45) is 0. The lowest BCUT2D eigenvalue weighted by Gasteiger charge is -2.15. The molecule has 0 N–H and O–H groups in total. The van der Waals surface area contributed by atoms with E-state index in [1.165, 1.54) is 77.4 Å². The van der Waals surface area contributed by atoms with Crippen LogP contribution < -0.4 is 0 Å². The zero-order chi connectivity index (χ0) is 45.0.